The van der Waals surface area contributed by atoms with Gasteiger partial charge in [0.05, 0.1) is 41.6 Å². The predicted molar refractivity (Wildman–Crippen MR) is 129 cm³/mol. The van der Waals surface area contributed by atoms with E-state index in [1.807, 2.05) is 12.1 Å². The molecule has 1 amide bonds. The number of nitrogens with zero attached hydrogens (tertiary/aromatic N) is 2. The van der Waals surface area contributed by atoms with E-state index in [1.165, 1.54) is 26.0 Å². The largest absolute Gasteiger partial charge is 0.495 e. The number of fused-ring (bicyclic) bond motifs is 1. The Labute approximate surface area is 196 Å². The van der Waals surface area contributed by atoms with Crippen LogP contribution in [0, 0.1) is 5.92 Å². The number of nitrogens with one attached hydrogen (secondary N) is 1. The monoisotopic (exact) mass is 475 g/mol. The SMILES string of the molecule is COc1cc(OC)c(NC(=O)CSc2nc3ccccc3c(=O)n2CCC(C)C)cc1Cl. The number of amides is 1. The number of halogens is 1. The summed E-state index contributed by atoms with van der Waals surface area (Å²) >= 11 is 7.41. The molecule has 32 heavy (non-hydrogen) atoms. The number of benzene rings is 2. The molecule has 0 bridgehead atoms. The van der Waals surface area contributed by atoms with Gasteiger partial charge in [-0.15, -0.1) is 0 Å². The van der Waals surface area contributed by atoms with Crippen LogP contribution in [0.4, 0.5) is 5.69 Å². The molecular weight excluding hydrogens is 450 g/mol. The van der Waals surface area contributed by atoms with E-state index in [2.05, 4.69) is 24.1 Å². The standard InChI is InChI=1S/C23H26ClN3O4S/c1-14(2)9-10-27-22(29)15-7-5-6-8-17(15)26-23(27)32-13-21(28)25-18-11-16(24)19(30-3)12-20(18)31-4/h5-8,11-12,14H,9-10,13H2,1-4H3,(H,25,28). The normalized spacial score (nSPS) is 11.1. The highest BCUT2D eigenvalue weighted by atomic mass is 35.5. The number of carbonyl (C=O) groups is 1. The van der Waals surface area contributed by atoms with Gasteiger partial charge in [-0.2, -0.15) is 0 Å². The van der Waals surface area contributed by atoms with Crippen molar-refractivity contribution in [3.63, 3.8) is 0 Å². The van der Waals surface area contributed by atoms with Crippen LogP contribution in [-0.2, 0) is 11.3 Å². The molecule has 0 radical (unpaired) electrons. The van der Waals surface area contributed by atoms with E-state index < -0.39 is 0 Å². The third-order valence-corrected chi connectivity index (χ3v) is 6.11. The summed E-state index contributed by atoms with van der Waals surface area (Å²) in [5.74, 6) is 1.11. The van der Waals surface area contributed by atoms with Crippen molar-refractivity contribution in [2.45, 2.75) is 32.0 Å². The first-order valence-corrected chi connectivity index (χ1v) is 11.5. The van der Waals surface area contributed by atoms with Crippen LogP contribution in [0.25, 0.3) is 10.9 Å². The van der Waals surface area contributed by atoms with E-state index in [0.717, 1.165) is 6.42 Å². The lowest BCUT2D eigenvalue weighted by molar-refractivity contribution is -0.113. The highest BCUT2D eigenvalue weighted by molar-refractivity contribution is 7.99. The maximum atomic E-state index is 13.0. The molecule has 2 aromatic carbocycles. The Bertz CT molecular complexity index is 1180. The molecule has 9 heteroatoms. The summed E-state index contributed by atoms with van der Waals surface area (Å²) in [6.45, 7) is 4.75. The highest BCUT2D eigenvalue weighted by Crippen LogP contribution is 2.36. The number of aromatic nitrogens is 2. The van der Waals surface area contributed by atoms with Crippen molar-refractivity contribution in [2.24, 2.45) is 5.92 Å². The smallest absolute Gasteiger partial charge is 0.262 e. The fraction of sp³-hybridized carbons (Fsp3) is 0.348. The van der Waals surface area contributed by atoms with Gasteiger partial charge in [-0.3, -0.25) is 14.2 Å². The summed E-state index contributed by atoms with van der Waals surface area (Å²) in [4.78, 5) is 30.4. The molecule has 3 rings (SSSR count). The molecule has 1 aromatic heterocycles. The van der Waals surface area contributed by atoms with Crippen LogP contribution in [0.15, 0.2) is 46.3 Å². The molecule has 170 valence electrons. The number of anilines is 1. The van der Waals surface area contributed by atoms with Gasteiger partial charge < -0.3 is 14.8 Å². The van der Waals surface area contributed by atoms with E-state index in [9.17, 15) is 9.59 Å². The fourth-order valence-corrected chi connectivity index (χ4v) is 4.18. The molecule has 0 aliphatic rings. The molecular formula is C23H26ClN3O4S. The third kappa shape index (κ3) is 5.55. The van der Waals surface area contributed by atoms with Gasteiger partial charge in [0.2, 0.25) is 5.91 Å². The molecule has 0 saturated heterocycles. The van der Waals surface area contributed by atoms with E-state index in [1.54, 1.807) is 28.8 Å². The summed E-state index contributed by atoms with van der Waals surface area (Å²) in [5, 5.41) is 4.25. The maximum absolute atomic E-state index is 13.0. The van der Waals surface area contributed by atoms with Crippen LogP contribution < -0.4 is 20.3 Å². The van der Waals surface area contributed by atoms with Crippen LogP contribution >= 0.6 is 23.4 Å². The quantitative estimate of drug-likeness (QED) is 0.352. The molecule has 0 aliphatic heterocycles. The van der Waals surface area contributed by atoms with Crippen molar-refractivity contribution in [3.8, 4) is 11.5 Å². The second kappa shape index (κ2) is 10.7. The van der Waals surface area contributed by atoms with Gasteiger partial charge in [-0.05, 0) is 30.5 Å². The summed E-state index contributed by atoms with van der Waals surface area (Å²) in [7, 11) is 3.00. The Morgan fingerprint density at radius 3 is 2.59 bits per heavy atom. The second-order valence-corrected chi connectivity index (χ2v) is 8.92. The Morgan fingerprint density at radius 2 is 1.91 bits per heavy atom. The summed E-state index contributed by atoms with van der Waals surface area (Å²) in [6, 6.07) is 10.4. The molecule has 1 N–H and O–H groups in total. The molecule has 0 aliphatic carbocycles. The summed E-state index contributed by atoms with van der Waals surface area (Å²) in [5.41, 5.74) is 0.958. The van der Waals surface area contributed by atoms with Gasteiger partial charge in [-0.1, -0.05) is 49.3 Å². The van der Waals surface area contributed by atoms with Crippen molar-refractivity contribution >= 4 is 45.9 Å². The minimum Gasteiger partial charge on any atom is -0.495 e. The van der Waals surface area contributed by atoms with Crippen LogP contribution in [0.1, 0.15) is 20.3 Å². The molecule has 0 unspecified atom stereocenters. The number of para-hydroxylation sites is 1. The Balaban J connectivity index is 1.82. The van der Waals surface area contributed by atoms with Gasteiger partial charge >= 0.3 is 0 Å². The second-order valence-electron chi connectivity index (χ2n) is 7.57. The first-order valence-electron chi connectivity index (χ1n) is 10.2. The number of hydrogen-bond acceptors (Lipinski definition) is 6. The first-order chi connectivity index (χ1) is 15.3. The predicted octanol–water partition coefficient (Wildman–Crippen LogP) is 4.84. The lowest BCUT2D eigenvalue weighted by Crippen LogP contribution is -2.25. The van der Waals surface area contributed by atoms with Gasteiger partial charge in [0.15, 0.2) is 5.16 Å². The Hall–Kier alpha value is -2.71. The van der Waals surface area contributed by atoms with Gasteiger partial charge in [0, 0.05) is 12.6 Å². The van der Waals surface area contributed by atoms with Crippen molar-refractivity contribution in [1.29, 1.82) is 0 Å². The number of hydrogen-bond donors (Lipinski definition) is 1. The molecule has 0 fully saturated rings. The van der Waals surface area contributed by atoms with Gasteiger partial charge in [0.1, 0.15) is 11.5 Å². The topological polar surface area (TPSA) is 82.5 Å². The number of thioether (sulfide) groups is 1. The van der Waals surface area contributed by atoms with Crippen molar-refractivity contribution in [3.05, 3.63) is 51.8 Å². The minimum atomic E-state index is -0.271. The number of ether oxygens (including phenoxy) is 2. The van der Waals surface area contributed by atoms with Gasteiger partial charge in [-0.25, -0.2) is 4.98 Å². The van der Waals surface area contributed by atoms with Crippen molar-refractivity contribution in [1.82, 2.24) is 9.55 Å². The van der Waals surface area contributed by atoms with Crippen LogP contribution in [0.5, 0.6) is 11.5 Å². The van der Waals surface area contributed by atoms with Crippen LogP contribution in [0.2, 0.25) is 5.02 Å². The van der Waals surface area contributed by atoms with Gasteiger partial charge in [0.25, 0.3) is 5.56 Å². The minimum absolute atomic E-state index is 0.0687. The average Bonchev–Trinajstić information content (AvgIpc) is 2.77. The zero-order valence-electron chi connectivity index (χ0n) is 18.5. The zero-order chi connectivity index (χ0) is 23.3. The Morgan fingerprint density at radius 1 is 1.19 bits per heavy atom. The summed E-state index contributed by atoms with van der Waals surface area (Å²) < 4.78 is 12.2. The zero-order valence-corrected chi connectivity index (χ0v) is 20.0. The lowest BCUT2D eigenvalue weighted by atomic mass is 10.1. The number of methoxy groups -OCH3 is 2. The lowest BCUT2D eigenvalue weighted by Gasteiger charge is -2.15. The van der Waals surface area contributed by atoms with E-state index in [0.29, 0.717) is 50.7 Å². The first kappa shape index (κ1) is 23.9. The molecule has 3 aromatic rings. The van der Waals surface area contributed by atoms with E-state index >= 15 is 0 Å². The third-order valence-electron chi connectivity index (χ3n) is 4.84. The fourth-order valence-electron chi connectivity index (χ4n) is 3.12. The van der Waals surface area contributed by atoms with Crippen molar-refractivity contribution < 1.29 is 14.3 Å². The number of carbonyl (C=O) groups excluding carboxylic acids is 1. The van der Waals surface area contributed by atoms with E-state index in [-0.39, 0.29) is 17.2 Å². The molecule has 1 heterocycles. The molecule has 0 saturated carbocycles. The molecule has 0 atom stereocenters. The maximum Gasteiger partial charge on any atom is 0.262 e. The van der Waals surface area contributed by atoms with Crippen LogP contribution in [0.3, 0.4) is 0 Å². The average molecular weight is 476 g/mol. The molecule has 7 nitrogen and oxygen atoms in total. The van der Waals surface area contributed by atoms with Crippen LogP contribution in [-0.4, -0.2) is 35.4 Å². The Kier molecular flexibility index (Phi) is 8.04. The molecule has 0 spiro atoms. The van der Waals surface area contributed by atoms with Crippen molar-refractivity contribution in [2.75, 3.05) is 25.3 Å². The highest BCUT2D eigenvalue weighted by Gasteiger charge is 2.16. The number of rotatable bonds is 9. The van der Waals surface area contributed by atoms with E-state index in [4.69, 9.17) is 21.1 Å². The summed E-state index contributed by atoms with van der Waals surface area (Å²) in [6.07, 6.45) is 0.835.